The predicted octanol–water partition coefficient (Wildman–Crippen LogP) is 4.05. The molecule has 0 unspecified atom stereocenters. The van der Waals surface area contributed by atoms with Gasteiger partial charge in [-0.2, -0.15) is 5.26 Å². The van der Waals surface area contributed by atoms with Crippen molar-refractivity contribution in [3.63, 3.8) is 0 Å². The van der Waals surface area contributed by atoms with E-state index in [4.69, 9.17) is 33.2 Å². The van der Waals surface area contributed by atoms with Crippen LogP contribution in [0.15, 0.2) is 42.5 Å². The van der Waals surface area contributed by atoms with Crippen molar-refractivity contribution in [2.24, 2.45) is 0 Å². The molecule has 0 fully saturated rings. The van der Waals surface area contributed by atoms with Crippen LogP contribution in [-0.4, -0.2) is 18.0 Å². The number of nitrogens with zero attached hydrogens (tertiary/aromatic N) is 1. The Morgan fingerprint density at radius 3 is 2.38 bits per heavy atom. The second-order valence-corrected chi connectivity index (χ2v) is 5.61. The summed E-state index contributed by atoms with van der Waals surface area (Å²) in [6.45, 7) is 1.41. The number of rotatable bonds is 4. The van der Waals surface area contributed by atoms with Gasteiger partial charge in [0.1, 0.15) is 6.07 Å². The van der Waals surface area contributed by atoms with Crippen molar-refractivity contribution in [3.05, 3.63) is 63.6 Å². The lowest BCUT2D eigenvalue weighted by Crippen LogP contribution is -2.30. The molecule has 24 heavy (non-hydrogen) atoms. The van der Waals surface area contributed by atoms with Gasteiger partial charge in [-0.05, 0) is 31.2 Å². The molecule has 0 aliphatic heterocycles. The highest BCUT2D eigenvalue weighted by molar-refractivity contribution is 6.39. The zero-order chi connectivity index (χ0) is 17.7. The number of amides is 1. The predicted molar refractivity (Wildman–Crippen MR) is 91.1 cm³/mol. The number of carbonyl (C=O) groups excluding carboxylic acids is 2. The van der Waals surface area contributed by atoms with Crippen molar-refractivity contribution in [1.82, 2.24) is 0 Å². The van der Waals surface area contributed by atoms with Crippen LogP contribution in [0.25, 0.3) is 0 Å². The molecule has 122 valence electrons. The standard InChI is InChI=1S/C17H12Cl2N2O3/c1-10(16(22)21-14-8-3-2-5-11(14)9-20)24-17(23)15-12(18)6-4-7-13(15)19/h2-8,10H,1H3,(H,21,22)/t10-/m0/s1. The summed E-state index contributed by atoms with van der Waals surface area (Å²) < 4.78 is 5.10. The Morgan fingerprint density at radius 2 is 1.75 bits per heavy atom. The number of hydrogen-bond acceptors (Lipinski definition) is 4. The van der Waals surface area contributed by atoms with Crippen LogP contribution in [-0.2, 0) is 9.53 Å². The van der Waals surface area contributed by atoms with Crippen molar-refractivity contribution in [2.75, 3.05) is 5.32 Å². The van der Waals surface area contributed by atoms with Crippen molar-refractivity contribution < 1.29 is 14.3 Å². The summed E-state index contributed by atoms with van der Waals surface area (Å²) in [6.07, 6.45) is -1.10. The van der Waals surface area contributed by atoms with Gasteiger partial charge in [0.2, 0.25) is 0 Å². The third kappa shape index (κ3) is 4.05. The molecule has 0 aliphatic rings. The van der Waals surface area contributed by atoms with Crippen LogP contribution in [0, 0.1) is 11.3 Å². The fourth-order valence-electron chi connectivity index (χ4n) is 1.89. The van der Waals surface area contributed by atoms with Gasteiger partial charge in [-0.25, -0.2) is 4.79 Å². The van der Waals surface area contributed by atoms with E-state index in [2.05, 4.69) is 5.32 Å². The van der Waals surface area contributed by atoms with E-state index >= 15 is 0 Å². The lowest BCUT2D eigenvalue weighted by atomic mass is 10.2. The first-order chi connectivity index (χ1) is 11.4. The smallest absolute Gasteiger partial charge is 0.341 e. The highest BCUT2D eigenvalue weighted by Crippen LogP contribution is 2.25. The van der Waals surface area contributed by atoms with Gasteiger partial charge in [0.05, 0.1) is 26.9 Å². The van der Waals surface area contributed by atoms with Gasteiger partial charge in [-0.1, -0.05) is 41.4 Å². The normalized spacial score (nSPS) is 11.2. The Bertz CT molecular complexity index is 811. The topological polar surface area (TPSA) is 79.2 Å². The minimum atomic E-state index is -1.10. The molecule has 0 heterocycles. The molecular formula is C17H12Cl2N2O3. The maximum Gasteiger partial charge on any atom is 0.341 e. The first-order valence-corrected chi connectivity index (χ1v) is 7.64. The van der Waals surface area contributed by atoms with Gasteiger partial charge < -0.3 is 10.1 Å². The molecule has 0 saturated carbocycles. The molecule has 1 amide bonds. The molecule has 2 aromatic carbocycles. The van der Waals surface area contributed by atoms with Crippen molar-refractivity contribution >= 4 is 40.8 Å². The van der Waals surface area contributed by atoms with Gasteiger partial charge in [0, 0.05) is 0 Å². The molecule has 0 saturated heterocycles. The molecule has 7 heteroatoms. The van der Waals surface area contributed by atoms with Crippen LogP contribution in [0.4, 0.5) is 5.69 Å². The van der Waals surface area contributed by atoms with Crippen LogP contribution in [0.3, 0.4) is 0 Å². The van der Waals surface area contributed by atoms with Crippen molar-refractivity contribution in [3.8, 4) is 6.07 Å². The summed E-state index contributed by atoms with van der Waals surface area (Å²) in [6, 6.07) is 13.1. The minimum Gasteiger partial charge on any atom is -0.449 e. The van der Waals surface area contributed by atoms with Crippen molar-refractivity contribution in [1.29, 1.82) is 5.26 Å². The number of anilines is 1. The maximum atomic E-state index is 12.2. The molecule has 0 aromatic heterocycles. The number of benzene rings is 2. The van der Waals surface area contributed by atoms with Gasteiger partial charge in [0.25, 0.3) is 5.91 Å². The second-order valence-electron chi connectivity index (χ2n) is 4.79. The zero-order valence-electron chi connectivity index (χ0n) is 12.5. The number of esters is 1. The molecule has 0 radical (unpaired) electrons. The van der Waals surface area contributed by atoms with E-state index in [1.54, 1.807) is 30.3 Å². The number of halogens is 2. The van der Waals surface area contributed by atoms with E-state index in [-0.39, 0.29) is 15.6 Å². The Balaban J connectivity index is 2.09. The van der Waals surface area contributed by atoms with Crippen LogP contribution in [0.2, 0.25) is 10.0 Å². The Morgan fingerprint density at radius 1 is 1.12 bits per heavy atom. The van der Waals surface area contributed by atoms with Gasteiger partial charge in [-0.15, -0.1) is 0 Å². The average Bonchev–Trinajstić information content (AvgIpc) is 2.55. The largest absolute Gasteiger partial charge is 0.449 e. The molecule has 0 bridgehead atoms. The lowest BCUT2D eigenvalue weighted by Gasteiger charge is -2.15. The molecular weight excluding hydrogens is 351 g/mol. The highest BCUT2D eigenvalue weighted by atomic mass is 35.5. The second kappa shape index (κ2) is 7.82. The summed E-state index contributed by atoms with van der Waals surface area (Å²) in [5.74, 6) is -1.38. The molecule has 1 N–H and O–H groups in total. The van der Waals surface area contributed by atoms with E-state index in [0.717, 1.165) is 0 Å². The van der Waals surface area contributed by atoms with E-state index in [1.165, 1.54) is 19.1 Å². The molecule has 1 atom stereocenters. The number of nitriles is 1. The first-order valence-electron chi connectivity index (χ1n) is 6.89. The Hall–Kier alpha value is -2.55. The molecule has 2 aromatic rings. The summed E-state index contributed by atoms with van der Waals surface area (Å²) in [7, 11) is 0. The van der Waals surface area contributed by atoms with Crippen LogP contribution >= 0.6 is 23.2 Å². The van der Waals surface area contributed by atoms with E-state index in [0.29, 0.717) is 11.3 Å². The Kier molecular flexibility index (Phi) is 5.80. The fourth-order valence-corrected chi connectivity index (χ4v) is 2.44. The highest BCUT2D eigenvalue weighted by Gasteiger charge is 2.23. The quantitative estimate of drug-likeness (QED) is 0.832. The summed E-state index contributed by atoms with van der Waals surface area (Å²) >= 11 is 11.9. The Labute approximate surface area is 148 Å². The van der Waals surface area contributed by atoms with Gasteiger partial charge in [-0.3, -0.25) is 4.79 Å². The van der Waals surface area contributed by atoms with Crippen LogP contribution in [0.5, 0.6) is 0 Å². The molecule has 0 spiro atoms. The zero-order valence-corrected chi connectivity index (χ0v) is 14.1. The third-order valence-electron chi connectivity index (χ3n) is 3.13. The van der Waals surface area contributed by atoms with Gasteiger partial charge in [0.15, 0.2) is 6.10 Å². The summed E-state index contributed by atoms with van der Waals surface area (Å²) in [4.78, 5) is 24.3. The average molecular weight is 363 g/mol. The van der Waals surface area contributed by atoms with Crippen LogP contribution < -0.4 is 5.32 Å². The molecule has 0 aliphatic carbocycles. The van der Waals surface area contributed by atoms with E-state index in [9.17, 15) is 9.59 Å². The molecule has 5 nitrogen and oxygen atoms in total. The summed E-state index contributed by atoms with van der Waals surface area (Å²) in [5.41, 5.74) is 0.639. The first kappa shape index (κ1) is 17.8. The number of nitrogens with one attached hydrogen (secondary N) is 1. The number of hydrogen-bond donors (Lipinski definition) is 1. The number of ether oxygens (including phenoxy) is 1. The fraction of sp³-hybridized carbons (Fsp3) is 0.118. The maximum absolute atomic E-state index is 12.2. The molecule has 2 rings (SSSR count). The lowest BCUT2D eigenvalue weighted by molar-refractivity contribution is -0.123. The number of para-hydroxylation sites is 1. The van der Waals surface area contributed by atoms with Gasteiger partial charge >= 0.3 is 5.97 Å². The third-order valence-corrected chi connectivity index (χ3v) is 3.76. The summed E-state index contributed by atoms with van der Waals surface area (Å²) in [5, 5.41) is 11.8. The number of carbonyl (C=O) groups is 2. The van der Waals surface area contributed by atoms with Crippen LogP contribution in [0.1, 0.15) is 22.8 Å². The van der Waals surface area contributed by atoms with E-state index in [1.807, 2.05) is 6.07 Å². The SMILES string of the molecule is C[C@H](OC(=O)c1c(Cl)cccc1Cl)C(=O)Nc1ccccc1C#N. The minimum absolute atomic E-state index is 0.00194. The monoisotopic (exact) mass is 362 g/mol. The van der Waals surface area contributed by atoms with Crippen molar-refractivity contribution in [2.45, 2.75) is 13.0 Å². The van der Waals surface area contributed by atoms with E-state index < -0.39 is 18.0 Å².